The van der Waals surface area contributed by atoms with Gasteiger partial charge < -0.3 is 19.8 Å². The minimum Gasteiger partial charge on any atom is -0.387 e. The maximum Gasteiger partial charge on any atom is 0.472 e. The third kappa shape index (κ3) is 40.0. The lowest BCUT2D eigenvalue weighted by atomic mass is 10.0. The zero-order valence-corrected chi connectivity index (χ0v) is 36.8. The normalized spacial score (nSPS) is 15.1. The van der Waals surface area contributed by atoms with Crippen molar-refractivity contribution in [1.29, 1.82) is 0 Å². The molecule has 0 saturated carbocycles. The van der Waals surface area contributed by atoms with Crippen molar-refractivity contribution >= 4 is 13.7 Å². The van der Waals surface area contributed by atoms with Gasteiger partial charge in [0.2, 0.25) is 5.91 Å². The summed E-state index contributed by atoms with van der Waals surface area (Å²) in [6.45, 7) is 4.61. The van der Waals surface area contributed by atoms with Crippen LogP contribution >= 0.6 is 7.82 Å². The van der Waals surface area contributed by atoms with Gasteiger partial charge in [0.15, 0.2) is 0 Å². The van der Waals surface area contributed by atoms with E-state index >= 15 is 0 Å². The number of unbranched alkanes of at least 4 members (excludes halogenated alkanes) is 16. The molecule has 0 heterocycles. The number of likely N-dealkylation sites (N-methyl/N-ethyl adjacent to an activating group) is 1. The first-order valence-corrected chi connectivity index (χ1v) is 23.3. The summed E-state index contributed by atoms with van der Waals surface area (Å²) < 4.78 is 23.5. The minimum atomic E-state index is -4.36. The van der Waals surface area contributed by atoms with Crippen LogP contribution in [-0.2, 0) is 18.4 Å². The van der Waals surface area contributed by atoms with E-state index in [1.54, 1.807) is 12.2 Å². The van der Waals surface area contributed by atoms with Crippen LogP contribution in [0.4, 0.5) is 0 Å². The van der Waals surface area contributed by atoms with Gasteiger partial charge >= 0.3 is 7.82 Å². The average Bonchev–Trinajstić information content (AvgIpc) is 3.13. The first-order valence-electron chi connectivity index (χ1n) is 21.8. The van der Waals surface area contributed by atoms with E-state index in [4.69, 9.17) is 9.05 Å². The lowest BCUT2D eigenvalue weighted by Crippen LogP contribution is -2.45. The van der Waals surface area contributed by atoms with Crippen molar-refractivity contribution in [2.45, 2.75) is 174 Å². The highest BCUT2D eigenvalue weighted by Crippen LogP contribution is 2.43. The monoisotopic (exact) mass is 792 g/mol. The fourth-order valence-electron chi connectivity index (χ4n) is 5.75. The van der Waals surface area contributed by atoms with Gasteiger partial charge in [-0.3, -0.25) is 13.8 Å². The van der Waals surface area contributed by atoms with Crippen LogP contribution in [-0.4, -0.2) is 73.4 Å². The maximum atomic E-state index is 12.8. The molecule has 0 fully saturated rings. The Hall–Kier alpha value is -2.06. The van der Waals surface area contributed by atoms with Gasteiger partial charge in [0.1, 0.15) is 13.2 Å². The van der Waals surface area contributed by atoms with Crippen molar-refractivity contribution < 1.29 is 32.9 Å². The molecule has 0 aromatic heterocycles. The number of nitrogens with one attached hydrogen (secondary N) is 1. The largest absolute Gasteiger partial charge is 0.472 e. The first kappa shape index (κ1) is 52.9. The second-order valence-corrected chi connectivity index (χ2v) is 17.2. The van der Waals surface area contributed by atoms with Crippen LogP contribution in [0.2, 0.25) is 0 Å². The number of hydrogen-bond acceptors (Lipinski definition) is 5. The van der Waals surface area contributed by atoms with E-state index in [2.05, 4.69) is 67.8 Å². The molecular weight excluding hydrogens is 707 g/mol. The molecule has 3 unspecified atom stereocenters. The zero-order valence-electron chi connectivity index (χ0n) is 35.9. The first-order chi connectivity index (χ1) is 26.5. The van der Waals surface area contributed by atoms with Gasteiger partial charge in [-0.05, 0) is 44.9 Å². The summed E-state index contributed by atoms with van der Waals surface area (Å²) in [6, 6.07) is -0.903. The Labute approximate surface area is 338 Å². The van der Waals surface area contributed by atoms with Crippen molar-refractivity contribution in [3.8, 4) is 0 Å². The zero-order chi connectivity index (χ0) is 40.7. The number of carbonyl (C=O) groups is 1. The quantitative estimate of drug-likeness (QED) is 0.0249. The number of phosphoric ester groups is 1. The van der Waals surface area contributed by atoms with Gasteiger partial charge in [0.05, 0.1) is 39.9 Å². The van der Waals surface area contributed by atoms with Crippen LogP contribution in [0.3, 0.4) is 0 Å². The average molecular weight is 792 g/mol. The van der Waals surface area contributed by atoms with E-state index in [0.29, 0.717) is 17.4 Å². The van der Waals surface area contributed by atoms with Crippen LogP contribution in [0.15, 0.2) is 72.9 Å². The molecule has 1 amide bonds. The van der Waals surface area contributed by atoms with Crippen LogP contribution in [0.1, 0.15) is 162 Å². The second kappa shape index (κ2) is 37.5. The van der Waals surface area contributed by atoms with Crippen LogP contribution in [0.25, 0.3) is 0 Å². The maximum absolute atomic E-state index is 12.8. The molecule has 0 radical (unpaired) electrons. The van der Waals surface area contributed by atoms with Gasteiger partial charge in [-0.2, -0.15) is 0 Å². The topological polar surface area (TPSA) is 105 Å². The molecule has 3 atom stereocenters. The van der Waals surface area contributed by atoms with Gasteiger partial charge in [-0.15, -0.1) is 0 Å². The molecule has 0 aliphatic rings. The summed E-state index contributed by atoms with van der Waals surface area (Å²) in [4.78, 5) is 23.0. The Morgan fingerprint density at radius 1 is 0.636 bits per heavy atom. The Balaban J connectivity index is 4.58. The Morgan fingerprint density at radius 2 is 1.07 bits per heavy atom. The molecule has 0 aliphatic heterocycles. The van der Waals surface area contributed by atoms with Crippen molar-refractivity contribution in [2.24, 2.45) is 0 Å². The number of nitrogens with zero attached hydrogens (tertiary/aromatic N) is 1. The molecule has 0 saturated heterocycles. The molecule has 0 aromatic carbocycles. The Kier molecular flexibility index (Phi) is 36.1. The Bertz CT molecular complexity index is 1120. The second-order valence-electron chi connectivity index (χ2n) is 15.7. The van der Waals surface area contributed by atoms with Crippen molar-refractivity contribution in [2.75, 3.05) is 40.9 Å². The summed E-state index contributed by atoms with van der Waals surface area (Å²) in [5.41, 5.74) is 0. The molecule has 0 aromatic rings. The summed E-state index contributed by atoms with van der Waals surface area (Å²) in [6.07, 6.45) is 50.0. The van der Waals surface area contributed by atoms with E-state index < -0.39 is 20.0 Å². The highest BCUT2D eigenvalue weighted by atomic mass is 31.2. The van der Waals surface area contributed by atoms with Crippen LogP contribution in [0.5, 0.6) is 0 Å². The molecule has 9 heteroatoms. The molecule has 0 rings (SSSR count). The summed E-state index contributed by atoms with van der Waals surface area (Å²) >= 11 is 0. The molecule has 8 nitrogen and oxygen atoms in total. The predicted octanol–water partition coefficient (Wildman–Crippen LogP) is 12.0. The number of rotatable bonds is 38. The van der Waals surface area contributed by atoms with E-state index in [0.717, 1.165) is 44.9 Å². The van der Waals surface area contributed by atoms with E-state index in [1.807, 2.05) is 33.3 Å². The lowest BCUT2D eigenvalue weighted by Gasteiger charge is -2.25. The third-order valence-corrected chi connectivity index (χ3v) is 10.2. The van der Waals surface area contributed by atoms with Crippen molar-refractivity contribution in [3.05, 3.63) is 72.9 Å². The van der Waals surface area contributed by atoms with E-state index in [1.165, 1.54) is 89.9 Å². The molecule has 3 N–H and O–H groups in total. The van der Waals surface area contributed by atoms with Crippen LogP contribution in [0, 0.1) is 0 Å². The number of hydrogen-bond donors (Lipinski definition) is 3. The number of quaternary nitrogens is 1. The lowest BCUT2D eigenvalue weighted by molar-refractivity contribution is -0.870. The number of carbonyl (C=O) groups excluding carboxylic acids is 1. The predicted molar refractivity (Wildman–Crippen MR) is 235 cm³/mol. The standard InChI is InChI=1S/C46H83N2O6P/c1-6-8-10-12-14-16-18-20-22-23-24-26-27-29-31-33-35-37-39-45(49)44(43-54-55(51,52)53-42-41-48(3,4)5)47-46(50)40-38-36-34-32-30-28-25-21-19-17-15-13-11-9-7-2/h9,11,15,17,21,25,30,32,36-39,44-45,49H,6-8,10,12-14,16,18-20,22-24,26-29,31,33-35,40-43H2,1-5H3,(H-,47,50,51,52)/p+1/b11-9-,17-15-,25-21-,32-30-,38-36-,39-37+. The van der Waals surface area contributed by atoms with E-state index in [9.17, 15) is 19.4 Å². The molecular formula is C46H84N2O6P+. The molecule has 55 heavy (non-hydrogen) atoms. The molecule has 0 aliphatic carbocycles. The van der Waals surface area contributed by atoms with Gasteiger partial charge in [0.25, 0.3) is 0 Å². The van der Waals surface area contributed by atoms with Gasteiger partial charge in [-0.1, -0.05) is 183 Å². The Morgan fingerprint density at radius 3 is 1.53 bits per heavy atom. The fourth-order valence-corrected chi connectivity index (χ4v) is 6.49. The molecule has 0 spiro atoms. The highest BCUT2D eigenvalue weighted by Gasteiger charge is 2.27. The number of amides is 1. The van der Waals surface area contributed by atoms with Crippen molar-refractivity contribution in [3.63, 3.8) is 0 Å². The molecule has 318 valence electrons. The van der Waals surface area contributed by atoms with E-state index in [-0.39, 0.29) is 25.5 Å². The summed E-state index contributed by atoms with van der Waals surface area (Å²) in [5.74, 6) is -0.306. The van der Waals surface area contributed by atoms with Crippen molar-refractivity contribution in [1.82, 2.24) is 5.32 Å². The van der Waals surface area contributed by atoms with Crippen LogP contribution < -0.4 is 5.32 Å². The summed E-state index contributed by atoms with van der Waals surface area (Å²) in [7, 11) is 1.50. The third-order valence-electron chi connectivity index (χ3n) is 9.21. The minimum absolute atomic E-state index is 0.0418. The number of aliphatic hydroxyl groups is 1. The van der Waals surface area contributed by atoms with Gasteiger partial charge in [-0.25, -0.2) is 4.57 Å². The van der Waals surface area contributed by atoms with Gasteiger partial charge in [0, 0.05) is 6.42 Å². The SMILES string of the molecule is CC/C=C\C/C=C\C/C=C\C/C=C\C/C=C\CC(=O)NC(COP(=O)(O)OCC[N+](C)(C)C)C(O)/C=C/CCCCCCCCCCCCCCCCCC. The number of phosphoric acid groups is 1. The number of allylic oxidation sites excluding steroid dienone is 10. The smallest absolute Gasteiger partial charge is 0.387 e. The molecule has 0 bridgehead atoms. The number of aliphatic hydroxyl groups excluding tert-OH is 1. The summed E-state index contributed by atoms with van der Waals surface area (Å²) in [5, 5.41) is 13.7. The fraction of sp³-hybridized carbons (Fsp3) is 0.717. The highest BCUT2D eigenvalue weighted by molar-refractivity contribution is 7.47.